The molecule has 65 heavy (non-hydrogen) atoms. The minimum absolute atomic E-state index is 0.00264. The molecule has 0 saturated carbocycles. The predicted octanol–water partition coefficient (Wildman–Crippen LogP) is 11.1. The van der Waals surface area contributed by atoms with E-state index in [-0.39, 0.29) is 51.7 Å². The van der Waals surface area contributed by atoms with Crippen molar-refractivity contribution in [2.75, 3.05) is 66.3 Å². The van der Waals surface area contributed by atoms with Crippen molar-refractivity contribution in [1.29, 1.82) is 0 Å². The molecule has 0 aromatic carbocycles. The summed E-state index contributed by atoms with van der Waals surface area (Å²) in [4.78, 5) is 28.8. The first-order chi connectivity index (χ1) is 32.0. The summed E-state index contributed by atoms with van der Waals surface area (Å²) in [6.07, 6.45) is 38.9. The number of nitrogens with zero attached hydrogens (tertiary/aromatic N) is 1. The molecule has 1 amide bonds. The maximum atomic E-state index is 13.6. The van der Waals surface area contributed by atoms with Gasteiger partial charge in [0, 0.05) is 46.3 Å². The normalized spacial score (nSPS) is 18.6. The fourth-order valence-electron chi connectivity index (χ4n) is 9.06. The molecular formula is C53H106N4O8. The van der Waals surface area contributed by atoms with Crippen molar-refractivity contribution in [3.05, 3.63) is 0 Å². The van der Waals surface area contributed by atoms with Crippen molar-refractivity contribution in [3.8, 4) is 0 Å². The first-order valence-corrected chi connectivity index (χ1v) is 27.5. The molecule has 1 heterocycles. The van der Waals surface area contributed by atoms with Gasteiger partial charge in [0.15, 0.2) is 6.29 Å². The first-order valence-electron chi connectivity index (χ1n) is 27.5. The van der Waals surface area contributed by atoms with Gasteiger partial charge >= 0.3 is 5.97 Å². The molecule has 12 nitrogen and oxygen atoms in total. The summed E-state index contributed by atoms with van der Waals surface area (Å²) in [7, 11) is 1.52. The average Bonchev–Trinajstić information content (AvgIpc) is 3.32. The van der Waals surface area contributed by atoms with Crippen molar-refractivity contribution in [2.45, 2.75) is 263 Å². The molecular weight excluding hydrogens is 821 g/mol. The van der Waals surface area contributed by atoms with E-state index >= 15 is 0 Å². The van der Waals surface area contributed by atoms with Gasteiger partial charge in [0.05, 0.1) is 26.2 Å². The van der Waals surface area contributed by atoms with Gasteiger partial charge in [0.1, 0.15) is 31.0 Å². The second-order valence-corrected chi connectivity index (χ2v) is 18.8. The summed E-state index contributed by atoms with van der Waals surface area (Å²) in [5.74, 6) is -0.435. The van der Waals surface area contributed by atoms with Crippen LogP contribution in [0.3, 0.4) is 0 Å². The number of nitrogens with two attached hydrogens (primary N) is 3. The molecule has 1 fully saturated rings. The van der Waals surface area contributed by atoms with Crippen LogP contribution in [0.5, 0.6) is 0 Å². The number of carbonyl (C=O) groups excluding carboxylic acids is 2. The summed E-state index contributed by atoms with van der Waals surface area (Å²) in [5.41, 5.74) is 17.3. The SMILES string of the molecule is CCCCCCCCCCCCCCCCCCN(CCCCCCCCCCCCCCCCCC)C(=O)CCC(=O)OC[C@H]1O[C@H](OC)[C@H](OCCN)[C@@H](OCCN)[C@H]1OCCN. The largest absolute Gasteiger partial charge is 0.463 e. The van der Waals surface area contributed by atoms with Gasteiger partial charge in [-0.1, -0.05) is 206 Å². The van der Waals surface area contributed by atoms with E-state index in [2.05, 4.69) is 13.8 Å². The van der Waals surface area contributed by atoms with E-state index in [9.17, 15) is 9.59 Å². The quantitative estimate of drug-likeness (QED) is 0.0392. The van der Waals surface area contributed by atoms with Crippen molar-refractivity contribution in [3.63, 3.8) is 0 Å². The molecule has 0 aromatic rings. The van der Waals surface area contributed by atoms with Gasteiger partial charge in [0.25, 0.3) is 0 Å². The van der Waals surface area contributed by atoms with E-state index in [1.165, 1.54) is 187 Å². The van der Waals surface area contributed by atoms with E-state index in [1.54, 1.807) is 0 Å². The fourth-order valence-corrected chi connectivity index (χ4v) is 9.06. The Hall–Kier alpha value is -1.38. The summed E-state index contributed by atoms with van der Waals surface area (Å²) >= 11 is 0. The van der Waals surface area contributed by atoms with Gasteiger partial charge in [-0.2, -0.15) is 0 Å². The van der Waals surface area contributed by atoms with Crippen LogP contribution in [0.15, 0.2) is 0 Å². The van der Waals surface area contributed by atoms with Crippen LogP contribution in [0.25, 0.3) is 0 Å². The van der Waals surface area contributed by atoms with Crippen LogP contribution in [0, 0.1) is 0 Å². The van der Waals surface area contributed by atoms with Crippen LogP contribution in [0.4, 0.5) is 0 Å². The van der Waals surface area contributed by atoms with Crippen LogP contribution in [0.2, 0.25) is 0 Å². The zero-order valence-corrected chi connectivity index (χ0v) is 42.7. The van der Waals surface area contributed by atoms with Crippen LogP contribution in [0.1, 0.15) is 232 Å². The predicted molar refractivity (Wildman–Crippen MR) is 268 cm³/mol. The Balaban J connectivity index is 2.57. The zero-order valence-electron chi connectivity index (χ0n) is 42.7. The molecule has 0 unspecified atom stereocenters. The lowest BCUT2D eigenvalue weighted by atomic mass is 9.98. The molecule has 386 valence electrons. The van der Waals surface area contributed by atoms with Crippen molar-refractivity contribution < 1.29 is 38.0 Å². The number of unbranched alkanes of at least 4 members (excludes halogenated alkanes) is 30. The first kappa shape index (κ1) is 61.6. The highest BCUT2D eigenvalue weighted by molar-refractivity contribution is 5.81. The van der Waals surface area contributed by atoms with E-state index < -0.39 is 36.7 Å². The molecule has 0 aliphatic carbocycles. The molecule has 1 aliphatic rings. The second-order valence-electron chi connectivity index (χ2n) is 18.8. The van der Waals surface area contributed by atoms with Crippen molar-refractivity contribution >= 4 is 11.9 Å². The minimum atomic E-state index is -0.810. The molecule has 5 atom stereocenters. The van der Waals surface area contributed by atoms with Gasteiger partial charge in [-0.15, -0.1) is 0 Å². The number of methoxy groups -OCH3 is 1. The Morgan fingerprint density at radius 2 is 0.800 bits per heavy atom. The van der Waals surface area contributed by atoms with E-state index in [0.29, 0.717) is 13.1 Å². The number of carbonyl (C=O) groups is 2. The standard InChI is InChI=1S/C53H106N4O8/c1-4-6-8-10-12-14-16-18-20-22-24-26-28-30-32-34-41-57(42-35-33-31-29-27-25-23-21-19-17-15-13-11-9-7-5-2)48(58)36-37-49(59)64-46-47-50(61-43-38-54)51(62-44-39-55)52(63-45-40-56)53(60-3)65-47/h47,50-53H,4-46,54-56H2,1-3H3/t47-,50+,51+,52-,53+/m1/s1. The van der Waals surface area contributed by atoms with Gasteiger partial charge in [-0.05, 0) is 12.8 Å². The molecule has 1 aliphatic heterocycles. The highest BCUT2D eigenvalue weighted by Crippen LogP contribution is 2.29. The van der Waals surface area contributed by atoms with Crippen LogP contribution in [-0.2, 0) is 38.0 Å². The molecule has 0 aromatic heterocycles. The molecule has 6 N–H and O–H groups in total. The Morgan fingerprint density at radius 3 is 1.15 bits per heavy atom. The lowest BCUT2D eigenvalue weighted by Gasteiger charge is -2.45. The Kier molecular flexibility index (Phi) is 44.0. The number of rotatable bonds is 49. The highest BCUT2D eigenvalue weighted by atomic mass is 16.7. The van der Waals surface area contributed by atoms with Crippen molar-refractivity contribution in [2.24, 2.45) is 17.2 Å². The Labute approximate surface area is 399 Å². The maximum Gasteiger partial charge on any atom is 0.306 e. The number of ether oxygens (including phenoxy) is 6. The number of amides is 1. The Bertz CT molecular complexity index is 1010. The summed E-state index contributed by atoms with van der Waals surface area (Å²) in [6, 6.07) is 0. The summed E-state index contributed by atoms with van der Waals surface area (Å²) in [6.45, 7) is 7.61. The molecule has 1 saturated heterocycles. The monoisotopic (exact) mass is 927 g/mol. The van der Waals surface area contributed by atoms with Crippen LogP contribution >= 0.6 is 0 Å². The van der Waals surface area contributed by atoms with Crippen LogP contribution < -0.4 is 17.2 Å². The molecule has 12 heteroatoms. The van der Waals surface area contributed by atoms with Gasteiger partial charge in [-0.25, -0.2) is 0 Å². The van der Waals surface area contributed by atoms with Gasteiger partial charge in [-0.3, -0.25) is 9.59 Å². The molecule has 0 bridgehead atoms. The maximum absolute atomic E-state index is 13.6. The van der Waals surface area contributed by atoms with Gasteiger partial charge in [0.2, 0.25) is 5.91 Å². The third-order valence-electron chi connectivity index (χ3n) is 13.0. The average molecular weight is 927 g/mol. The smallest absolute Gasteiger partial charge is 0.306 e. The summed E-state index contributed by atoms with van der Waals surface area (Å²) in [5, 5.41) is 0. The Morgan fingerprint density at radius 1 is 0.462 bits per heavy atom. The molecule has 1 rings (SSSR count). The summed E-state index contributed by atoms with van der Waals surface area (Å²) < 4.78 is 35.8. The highest BCUT2D eigenvalue weighted by Gasteiger charge is 2.49. The topological polar surface area (TPSA) is 171 Å². The third-order valence-corrected chi connectivity index (χ3v) is 13.0. The fraction of sp³-hybridized carbons (Fsp3) is 0.962. The number of hydrogen-bond acceptors (Lipinski definition) is 11. The van der Waals surface area contributed by atoms with Crippen LogP contribution in [-0.4, -0.2) is 114 Å². The number of hydrogen-bond donors (Lipinski definition) is 3. The third kappa shape index (κ3) is 33.7. The van der Waals surface area contributed by atoms with Crippen molar-refractivity contribution in [1.82, 2.24) is 4.90 Å². The second kappa shape index (κ2) is 46.4. The minimum Gasteiger partial charge on any atom is -0.463 e. The lowest BCUT2D eigenvalue weighted by Crippen LogP contribution is -2.62. The van der Waals surface area contributed by atoms with E-state index in [4.69, 9.17) is 45.6 Å². The zero-order chi connectivity index (χ0) is 47.3. The van der Waals surface area contributed by atoms with E-state index in [1.807, 2.05) is 4.90 Å². The van der Waals surface area contributed by atoms with E-state index in [0.717, 1.165) is 38.8 Å². The molecule has 0 radical (unpaired) electrons. The lowest BCUT2D eigenvalue weighted by molar-refractivity contribution is -0.316. The van der Waals surface area contributed by atoms with Gasteiger partial charge < -0.3 is 50.5 Å². The number of esters is 1. The molecule has 0 spiro atoms.